The lowest BCUT2D eigenvalue weighted by molar-refractivity contribution is -0.137. The fourth-order valence-electron chi connectivity index (χ4n) is 5.32. The van der Waals surface area contributed by atoms with Crippen molar-refractivity contribution in [3.8, 4) is 11.3 Å². The van der Waals surface area contributed by atoms with E-state index in [4.69, 9.17) is 0 Å². The molecule has 198 valence electrons. The van der Waals surface area contributed by atoms with Crippen LogP contribution in [0.4, 0.5) is 0 Å². The molecule has 2 aliphatic rings. The van der Waals surface area contributed by atoms with E-state index >= 15 is 0 Å². The Labute approximate surface area is 225 Å². The number of carbonyl (C=O) groups excluding carboxylic acids is 3. The van der Waals surface area contributed by atoms with Gasteiger partial charge in [-0.2, -0.15) is 5.10 Å². The molecule has 3 aromatic rings. The number of amides is 1. The molecule has 0 unspecified atom stereocenters. The average molecular weight is 524 g/mol. The molecule has 1 saturated heterocycles. The zero-order chi connectivity index (χ0) is 27.9. The lowest BCUT2D eigenvalue weighted by Gasteiger charge is -2.26. The topological polar surface area (TPSA) is 123 Å². The largest absolute Gasteiger partial charge is 0.327 e. The van der Waals surface area contributed by atoms with Gasteiger partial charge >= 0.3 is 0 Å². The normalized spacial score (nSPS) is 22.2. The SMILES string of the molecule is C=C/C=C\C(=NC=C)C(=O)[C@@H]1C[C@@]2(C)C[C@H]2N1C(=O)Cn1nc(C(C)=O)c2cc(-c3cnc(C)nc3)ncc21. The molecule has 1 aliphatic carbocycles. The second-order valence-electron chi connectivity index (χ2n) is 10.2. The minimum atomic E-state index is -0.644. The number of piperidine rings is 1. The van der Waals surface area contributed by atoms with Crippen molar-refractivity contribution < 1.29 is 14.4 Å². The maximum atomic E-state index is 13.7. The van der Waals surface area contributed by atoms with E-state index in [1.807, 2.05) is 0 Å². The Morgan fingerprint density at radius 1 is 1.15 bits per heavy atom. The van der Waals surface area contributed by atoms with E-state index in [2.05, 4.69) is 45.1 Å². The zero-order valence-corrected chi connectivity index (χ0v) is 22.2. The summed E-state index contributed by atoms with van der Waals surface area (Å²) in [6.45, 7) is 12.4. The number of rotatable bonds is 9. The van der Waals surface area contributed by atoms with E-state index in [1.54, 1.807) is 54.7 Å². The number of ketones is 2. The number of carbonyl (C=O) groups is 3. The van der Waals surface area contributed by atoms with Crippen LogP contribution < -0.4 is 0 Å². The smallest absolute Gasteiger partial charge is 0.245 e. The van der Waals surface area contributed by atoms with Crippen LogP contribution in [-0.4, -0.2) is 64.9 Å². The van der Waals surface area contributed by atoms with E-state index in [0.717, 1.165) is 6.42 Å². The van der Waals surface area contributed by atoms with Crippen LogP contribution in [0.3, 0.4) is 0 Å². The zero-order valence-electron chi connectivity index (χ0n) is 22.2. The van der Waals surface area contributed by atoms with Gasteiger partial charge in [0.25, 0.3) is 0 Å². The fourth-order valence-corrected chi connectivity index (χ4v) is 5.32. The van der Waals surface area contributed by atoms with Gasteiger partial charge in [-0.15, -0.1) is 0 Å². The van der Waals surface area contributed by atoms with Crippen LogP contribution >= 0.6 is 0 Å². The molecule has 1 saturated carbocycles. The minimum absolute atomic E-state index is 0.0346. The van der Waals surface area contributed by atoms with Gasteiger partial charge in [-0.25, -0.2) is 9.97 Å². The number of allylic oxidation sites excluding steroid dienone is 3. The van der Waals surface area contributed by atoms with Gasteiger partial charge in [0.05, 0.1) is 23.4 Å². The first-order valence-corrected chi connectivity index (χ1v) is 12.7. The number of hydrogen-bond acceptors (Lipinski definition) is 8. The van der Waals surface area contributed by atoms with Crippen LogP contribution in [-0.2, 0) is 16.1 Å². The van der Waals surface area contributed by atoms with Gasteiger partial charge < -0.3 is 4.90 Å². The van der Waals surface area contributed by atoms with E-state index in [0.29, 0.717) is 34.4 Å². The Kier molecular flexibility index (Phi) is 6.63. The molecule has 1 aliphatic heterocycles. The first kappa shape index (κ1) is 26.0. The van der Waals surface area contributed by atoms with Crippen molar-refractivity contribution in [1.82, 2.24) is 29.6 Å². The number of aliphatic imine (C=N–C) groups is 1. The molecule has 2 fully saturated rings. The summed E-state index contributed by atoms with van der Waals surface area (Å²) in [6, 6.07) is 1.08. The average Bonchev–Trinajstić information content (AvgIpc) is 3.28. The molecule has 39 heavy (non-hydrogen) atoms. The summed E-state index contributed by atoms with van der Waals surface area (Å²) in [5.41, 5.74) is 2.20. The first-order chi connectivity index (χ1) is 18.7. The van der Waals surface area contributed by atoms with Crippen molar-refractivity contribution in [2.45, 2.75) is 52.2 Å². The van der Waals surface area contributed by atoms with Crippen LogP contribution in [0.5, 0.6) is 0 Å². The third-order valence-electron chi connectivity index (χ3n) is 7.43. The maximum Gasteiger partial charge on any atom is 0.245 e. The highest BCUT2D eigenvalue weighted by Gasteiger charge is 2.64. The highest BCUT2D eigenvalue weighted by molar-refractivity contribution is 6.46. The molecule has 4 heterocycles. The molecule has 0 bridgehead atoms. The summed E-state index contributed by atoms with van der Waals surface area (Å²) in [4.78, 5) is 58.5. The molecule has 5 rings (SSSR count). The molecule has 0 spiro atoms. The summed E-state index contributed by atoms with van der Waals surface area (Å²) >= 11 is 0. The summed E-state index contributed by atoms with van der Waals surface area (Å²) < 4.78 is 1.49. The standard InChI is InChI=1S/C29H29N7O3/c1-6-8-9-21(30-7-2)28(39)23-11-29(5)12-25(29)36(23)26(38)16-35-24-15-33-22(19-13-31-18(4)32-14-19)10-20(24)27(34-35)17(3)37/h6-10,13-15,23,25H,1-2,11-12,16H2,3-5H3/b9-8-,30-21?/t23-,25+,29-/m0/s1. The van der Waals surface area contributed by atoms with Crippen LogP contribution in [0.15, 0.2) is 67.2 Å². The minimum Gasteiger partial charge on any atom is -0.327 e. The number of aromatic nitrogens is 5. The summed E-state index contributed by atoms with van der Waals surface area (Å²) in [7, 11) is 0. The molecule has 1 amide bonds. The molecular formula is C29H29N7O3. The van der Waals surface area contributed by atoms with Crippen LogP contribution in [0, 0.1) is 12.3 Å². The predicted octanol–water partition coefficient (Wildman–Crippen LogP) is 3.67. The van der Waals surface area contributed by atoms with Crippen molar-refractivity contribution >= 4 is 34.1 Å². The number of aryl methyl sites for hydroxylation is 1. The van der Waals surface area contributed by atoms with Crippen LogP contribution in [0.2, 0.25) is 0 Å². The van der Waals surface area contributed by atoms with Crippen molar-refractivity contribution in [2.75, 3.05) is 0 Å². The Morgan fingerprint density at radius 2 is 1.90 bits per heavy atom. The van der Waals surface area contributed by atoms with Crippen LogP contribution in [0.1, 0.15) is 43.0 Å². The van der Waals surface area contributed by atoms with Gasteiger partial charge in [0, 0.05) is 42.5 Å². The van der Waals surface area contributed by atoms with Crippen LogP contribution in [0.25, 0.3) is 22.2 Å². The van der Waals surface area contributed by atoms with Gasteiger partial charge in [-0.1, -0.05) is 32.2 Å². The third kappa shape index (κ3) is 4.73. The highest BCUT2D eigenvalue weighted by atomic mass is 16.2. The molecule has 0 radical (unpaired) electrons. The van der Waals surface area contributed by atoms with E-state index in [9.17, 15) is 14.4 Å². The van der Waals surface area contributed by atoms with Crippen molar-refractivity contribution in [2.24, 2.45) is 10.4 Å². The summed E-state index contributed by atoms with van der Waals surface area (Å²) in [5, 5.41) is 5.07. The number of hydrogen-bond donors (Lipinski definition) is 0. The van der Waals surface area contributed by atoms with Crippen molar-refractivity contribution in [3.05, 3.63) is 73.8 Å². The Balaban J connectivity index is 1.47. The molecule has 10 nitrogen and oxygen atoms in total. The predicted molar refractivity (Wildman–Crippen MR) is 147 cm³/mol. The summed E-state index contributed by atoms with van der Waals surface area (Å²) in [6.07, 6.45) is 12.4. The number of fused-ring (bicyclic) bond motifs is 2. The van der Waals surface area contributed by atoms with Gasteiger partial charge in [0.15, 0.2) is 5.78 Å². The number of nitrogens with zero attached hydrogens (tertiary/aromatic N) is 7. The lowest BCUT2D eigenvalue weighted by atomic mass is 9.96. The first-order valence-electron chi connectivity index (χ1n) is 12.7. The molecule has 3 aromatic heterocycles. The molecule has 0 aromatic carbocycles. The van der Waals surface area contributed by atoms with Gasteiger partial charge in [-0.05, 0) is 37.3 Å². The Bertz CT molecular complexity index is 1580. The second-order valence-corrected chi connectivity index (χ2v) is 10.2. The molecule has 3 atom stereocenters. The van der Waals surface area contributed by atoms with E-state index in [1.165, 1.54) is 17.8 Å². The fraction of sp³-hybridized carbons (Fsp3) is 0.310. The van der Waals surface area contributed by atoms with Gasteiger partial charge in [0.2, 0.25) is 11.7 Å². The second kappa shape index (κ2) is 9.94. The number of Topliss-reactive ketones (excluding diaryl/α,β-unsaturated/α-hetero) is 2. The molecular weight excluding hydrogens is 494 g/mol. The number of likely N-dealkylation sites (tertiary alicyclic amines) is 1. The Hall–Kier alpha value is -4.60. The Morgan fingerprint density at radius 3 is 2.56 bits per heavy atom. The number of pyridine rings is 1. The van der Waals surface area contributed by atoms with E-state index in [-0.39, 0.29) is 46.9 Å². The van der Waals surface area contributed by atoms with Crippen molar-refractivity contribution in [1.29, 1.82) is 0 Å². The summed E-state index contributed by atoms with van der Waals surface area (Å²) in [5.74, 6) is -0.0793. The molecule has 0 N–H and O–H groups in total. The van der Waals surface area contributed by atoms with Crippen molar-refractivity contribution in [3.63, 3.8) is 0 Å². The molecule has 10 heteroatoms. The monoisotopic (exact) mass is 523 g/mol. The lowest BCUT2D eigenvalue weighted by Crippen LogP contribution is -2.46. The maximum absolute atomic E-state index is 13.7. The third-order valence-corrected chi connectivity index (χ3v) is 7.43. The van der Waals surface area contributed by atoms with E-state index < -0.39 is 6.04 Å². The van der Waals surface area contributed by atoms with Gasteiger partial charge in [0.1, 0.15) is 23.8 Å². The highest BCUT2D eigenvalue weighted by Crippen LogP contribution is 2.59. The van der Waals surface area contributed by atoms with Gasteiger partial charge in [-0.3, -0.25) is 29.0 Å². The quantitative estimate of drug-likeness (QED) is 0.238.